The van der Waals surface area contributed by atoms with E-state index < -0.39 is 15.9 Å². The van der Waals surface area contributed by atoms with E-state index in [-0.39, 0.29) is 23.0 Å². The van der Waals surface area contributed by atoms with E-state index in [4.69, 9.17) is 5.10 Å². The maximum Gasteiger partial charge on any atom is 0.407 e. The van der Waals surface area contributed by atoms with E-state index in [2.05, 4.69) is 0 Å². The molecule has 0 spiro atoms. The van der Waals surface area contributed by atoms with Gasteiger partial charge >= 0.3 is 6.09 Å². The molecule has 10 nitrogen and oxygen atoms in total. The average Bonchev–Trinajstić information content (AvgIpc) is 3.21. The lowest BCUT2D eigenvalue weighted by Crippen LogP contribution is -2.41. The molecule has 1 atom stereocenters. The van der Waals surface area contributed by atoms with E-state index in [0.717, 1.165) is 12.8 Å². The molecule has 0 bridgehead atoms. The first kappa shape index (κ1) is 19.4. The van der Waals surface area contributed by atoms with E-state index in [1.54, 1.807) is 15.1 Å². The SMILES string of the molecule is O=C(O)N1CCC(c2nn3c(N4CCS(=O)(=O)CC4)ccc3c(=O)n2CC2CC2)C1. The molecule has 3 fully saturated rings. The number of carbonyl (C=O) groups is 1. The van der Waals surface area contributed by atoms with Gasteiger partial charge in [-0.1, -0.05) is 0 Å². The fourth-order valence-electron chi connectivity index (χ4n) is 4.45. The van der Waals surface area contributed by atoms with Crippen LogP contribution in [-0.4, -0.2) is 76.4 Å². The van der Waals surface area contributed by atoms with Gasteiger partial charge < -0.3 is 14.9 Å². The molecule has 2 aromatic rings. The van der Waals surface area contributed by atoms with Crippen molar-refractivity contribution >= 4 is 27.3 Å². The fourth-order valence-corrected chi connectivity index (χ4v) is 5.65. The molecule has 11 heteroatoms. The number of hydrogen-bond donors (Lipinski definition) is 1. The number of sulfone groups is 1. The third-order valence-electron chi connectivity index (χ3n) is 6.41. The summed E-state index contributed by atoms with van der Waals surface area (Å²) < 4.78 is 27.0. The van der Waals surface area contributed by atoms with Crippen molar-refractivity contribution in [2.24, 2.45) is 5.92 Å². The smallest absolute Gasteiger partial charge is 0.407 e. The molecule has 1 unspecified atom stereocenters. The lowest BCUT2D eigenvalue weighted by atomic mass is 10.1. The molecule has 4 heterocycles. The zero-order chi connectivity index (χ0) is 21.0. The van der Waals surface area contributed by atoms with Gasteiger partial charge in [-0.25, -0.2) is 17.7 Å². The summed E-state index contributed by atoms with van der Waals surface area (Å²) in [5.41, 5.74) is 0.354. The third-order valence-corrected chi connectivity index (χ3v) is 8.02. The minimum Gasteiger partial charge on any atom is -0.465 e. The molecule has 5 rings (SSSR count). The first-order chi connectivity index (χ1) is 14.3. The Kier molecular flexibility index (Phi) is 4.53. The summed E-state index contributed by atoms with van der Waals surface area (Å²) in [6.07, 6.45) is 1.87. The van der Waals surface area contributed by atoms with Gasteiger partial charge in [0.25, 0.3) is 5.56 Å². The highest BCUT2D eigenvalue weighted by atomic mass is 32.2. The largest absolute Gasteiger partial charge is 0.465 e. The first-order valence-electron chi connectivity index (χ1n) is 10.4. The second-order valence-corrected chi connectivity index (χ2v) is 10.9. The fraction of sp³-hybridized carbons (Fsp3) is 0.632. The van der Waals surface area contributed by atoms with E-state index in [0.29, 0.717) is 62.2 Å². The van der Waals surface area contributed by atoms with Crippen molar-refractivity contribution < 1.29 is 18.3 Å². The highest BCUT2D eigenvalue weighted by molar-refractivity contribution is 7.91. The standard InChI is InChI=1S/C19H25N5O5S/c25-18-15-3-4-16(21-7-9-30(28,29)10-8-21)24(15)20-17(23(18)11-13-1-2-13)14-5-6-22(12-14)19(26)27/h3-4,13-14H,1-2,5-12H2,(H,26,27). The van der Waals surface area contributed by atoms with Crippen LogP contribution >= 0.6 is 0 Å². The van der Waals surface area contributed by atoms with Crippen LogP contribution in [0.1, 0.15) is 31.0 Å². The van der Waals surface area contributed by atoms with Crippen molar-refractivity contribution in [2.75, 3.05) is 42.6 Å². The second-order valence-electron chi connectivity index (χ2n) is 8.56. The van der Waals surface area contributed by atoms with Gasteiger partial charge in [-0.2, -0.15) is 5.10 Å². The van der Waals surface area contributed by atoms with Gasteiger partial charge in [0.15, 0.2) is 9.84 Å². The zero-order valence-electron chi connectivity index (χ0n) is 16.6. The summed E-state index contributed by atoms with van der Waals surface area (Å²) in [6, 6.07) is 3.57. The van der Waals surface area contributed by atoms with E-state index in [1.165, 1.54) is 4.90 Å². The minimum atomic E-state index is -3.02. The molecule has 2 saturated heterocycles. The van der Waals surface area contributed by atoms with Gasteiger partial charge in [0.2, 0.25) is 0 Å². The Morgan fingerprint density at radius 3 is 2.50 bits per heavy atom. The molecule has 30 heavy (non-hydrogen) atoms. The van der Waals surface area contributed by atoms with Crippen molar-refractivity contribution in [3.63, 3.8) is 0 Å². The summed E-state index contributed by atoms with van der Waals surface area (Å²) in [6.45, 7) is 2.11. The molecule has 3 aliphatic rings. The van der Waals surface area contributed by atoms with Crippen molar-refractivity contribution in [3.8, 4) is 0 Å². The molecule has 162 valence electrons. The Bertz CT molecular complexity index is 1150. The monoisotopic (exact) mass is 435 g/mol. The predicted molar refractivity (Wildman–Crippen MR) is 110 cm³/mol. The Hall–Kier alpha value is -2.56. The molecule has 1 saturated carbocycles. The van der Waals surface area contributed by atoms with Crippen LogP contribution in [0.25, 0.3) is 5.52 Å². The Balaban J connectivity index is 1.57. The van der Waals surface area contributed by atoms with Crippen molar-refractivity contribution in [2.45, 2.75) is 31.7 Å². The van der Waals surface area contributed by atoms with Crippen LogP contribution in [-0.2, 0) is 16.4 Å². The Morgan fingerprint density at radius 1 is 1.13 bits per heavy atom. The van der Waals surface area contributed by atoms with Crippen molar-refractivity contribution in [1.29, 1.82) is 0 Å². The van der Waals surface area contributed by atoms with Gasteiger partial charge in [-0.3, -0.25) is 9.36 Å². The predicted octanol–water partition coefficient (Wildman–Crippen LogP) is 0.608. The normalized spacial score (nSPS) is 23.9. The number of hydrogen-bond acceptors (Lipinski definition) is 6. The van der Waals surface area contributed by atoms with Gasteiger partial charge in [0.05, 0.1) is 11.5 Å². The number of aromatic nitrogens is 3. The summed E-state index contributed by atoms with van der Waals surface area (Å²) in [7, 11) is -3.02. The lowest BCUT2D eigenvalue weighted by Gasteiger charge is -2.28. The van der Waals surface area contributed by atoms with E-state index >= 15 is 0 Å². The Labute approximate surface area is 173 Å². The molecule has 1 amide bonds. The minimum absolute atomic E-state index is 0.0853. The molecule has 2 aromatic heterocycles. The molecule has 2 aliphatic heterocycles. The lowest BCUT2D eigenvalue weighted by molar-refractivity contribution is 0.155. The maximum absolute atomic E-state index is 13.3. The third kappa shape index (κ3) is 3.44. The van der Waals surface area contributed by atoms with Crippen LogP contribution in [0, 0.1) is 5.92 Å². The summed E-state index contributed by atoms with van der Waals surface area (Å²) in [5, 5.41) is 14.2. The first-order valence-corrected chi connectivity index (χ1v) is 12.2. The number of fused-ring (bicyclic) bond motifs is 1. The van der Waals surface area contributed by atoms with E-state index in [1.807, 2.05) is 11.0 Å². The molecule has 0 aromatic carbocycles. The second kappa shape index (κ2) is 7.00. The number of rotatable bonds is 4. The van der Waals surface area contributed by atoms with Gasteiger partial charge in [0.1, 0.15) is 17.2 Å². The number of carboxylic acid groups (broad SMARTS) is 1. The summed E-state index contributed by atoms with van der Waals surface area (Å²) in [4.78, 5) is 28.0. The number of anilines is 1. The number of amides is 1. The highest BCUT2D eigenvalue weighted by Crippen LogP contribution is 2.33. The summed E-state index contributed by atoms with van der Waals surface area (Å²) >= 11 is 0. The van der Waals surface area contributed by atoms with Crippen LogP contribution in [0.2, 0.25) is 0 Å². The van der Waals surface area contributed by atoms with Crippen molar-refractivity contribution in [1.82, 2.24) is 19.1 Å². The molecular formula is C19H25N5O5S. The van der Waals surface area contributed by atoms with E-state index in [9.17, 15) is 23.1 Å². The van der Waals surface area contributed by atoms with Crippen LogP contribution in [0.4, 0.5) is 10.6 Å². The van der Waals surface area contributed by atoms with Gasteiger partial charge in [-0.15, -0.1) is 0 Å². The molecule has 1 N–H and O–H groups in total. The summed E-state index contributed by atoms with van der Waals surface area (Å²) in [5.74, 6) is 1.86. The molecule has 0 radical (unpaired) electrons. The van der Waals surface area contributed by atoms with Crippen LogP contribution < -0.4 is 10.5 Å². The van der Waals surface area contributed by atoms with Crippen LogP contribution in [0.5, 0.6) is 0 Å². The number of likely N-dealkylation sites (tertiary alicyclic amines) is 1. The average molecular weight is 436 g/mol. The van der Waals surface area contributed by atoms with Gasteiger partial charge in [0, 0.05) is 38.6 Å². The zero-order valence-corrected chi connectivity index (χ0v) is 17.4. The van der Waals surface area contributed by atoms with Crippen LogP contribution in [0.3, 0.4) is 0 Å². The van der Waals surface area contributed by atoms with Crippen LogP contribution in [0.15, 0.2) is 16.9 Å². The number of nitrogens with zero attached hydrogens (tertiary/aromatic N) is 5. The molecule has 1 aliphatic carbocycles. The van der Waals surface area contributed by atoms with Gasteiger partial charge in [-0.05, 0) is 37.3 Å². The highest BCUT2D eigenvalue weighted by Gasteiger charge is 2.33. The maximum atomic E-state index is 13.3. The topological polar surface area (TPSA) is 117 Å². The Morgan fingerprint density at radius 2 is 1.87 bits per heavy atom. The molecular weight excluding hydrogens is 410 g/mol. The van der Waals surface area contributed by atoms with Crippen molar-refractivity contribution in [3.05, 3.63) is 28.3 Å². The quantitative estimate of drug-likeness (QED) is 0.748.